The molecule has 0 unspecified atom stereocenters. The molecule has 0 fully saturated rings. The molecule has 83 valence electrons. The SMILES string of the molecule is [CH2]c1ccc(NS(=O)(=O)CCCC)cc1. The minimum Gasteiger partial charge on any atom is -0.284 e. The van der Waals surface area contributed by atoms with Crippen molar-refractivity contribution < 1.29 is 8.42 Å². The van der Waals surface area contributed by atoms with Crippen molar-refractivity contribution in [3.63, 3.8) is 0 Å². The fourth-order valence-electron chi connectivity index (χ4n) is 1.14. The van der Waals surface area contributed by atoms with Crippen LogP contribution in [-0.4, -0.2) is 14.2 Å². The van der Waals surface area contributed by atoms with Gasteiger partial charge in [-0.15, -0.1) is 0 Å². The molecule has 1 aromatic carbocycles. The van der Waals surface area contributed by atoms with Crippen molar-refractivity contribution in [3.05, 3.63) is 36.8 Å². The Morgan fingerprint density at radius 1 is 1.27 bits per heavy atom. The lowest BCUT2D eigenvalue weighted by molar-refractivity contribution is 0.598. The highest BCUT2D eigenvalue weighted by molar-refractivity contribution is 7.92. The Kier molecular flexibility index (Phi) is 4.15. The zero-order valence-corrected chi connectivity index (χ0v) is 9.68. The standard InChI is InChI=1S/C11H16NO2S/c1-3-4-9-15(13,14)12-11-7-5-10(2)6-8-11/h5-8,12H,2-4,9H2,1H3. The zero-order valence-electron chi connectivity index (χ0n) is 8.86. The van der Waals surface area contributed by atoms with Gasteiger partial charge in [0.2, 0.25) is 10.0 Å². The maximum atomic E-state index is 11.5. The van der Waals surface area contributed by atoms with Crippen LogP contribution in [0.2, 0.25) is 0 Å². The Bertz CT molecular complexity index is 395. The van der Waals surface area contributed by atoms with E-state index < -0.39 is 10.0 Å². The van der Waals surface area contributed by atoms with E-state index in [4.69, 9.17) is 0 Å². The second kappa shape index (κ2) is 5.16. The summed E-state index contributed by atoms with van der Waals surface area (Å²) < 4.78 is 25.6. The van der Waals surface area contributed by atoms with Gasteiger partial charge in [-0.1, -0.05) is 25.5 Å². The van der Waals surface area contributed by atoms with Crippen molar-refractivity contribution in [2.24, 2.45) is 0 Å². The molecule has 0 amide bonds. The van der Waals surface area contributed by atoms with E-state index in [0.717, 1.165) is 12.0 Å². The van der Waals surface area contributed by atoms with Crippen molar-refractivity contribution >= 4 is 15.7 Å². The van der Waals surface area contributed by atoms with Gasteiger partial charge in [0.25, 0.3) is 0 Å². The highest BCUT2D eigenvalue weighted by atomic mass is 32.2. The molecule has 1 radical (unpaired) electrons. The molecule has 0 aromatic heterocycles. The number of sulfonamides is 1. The first kappa shape index (κ1) is 12.0. The van der Waals surface area contributed by atoms with Gasteiger partial charge in [0, 0.05) is 5.69 Å². The molecule has 0 saturated heterocycles. The van der Waals surface area contributed by atoms with Crippen LogP contribution in [0.3, 0.4) is 0 Å². The van der Waals surface area contributed by atoms with Gasteiger partial charge in [-0.3, -0.25) is 4.72 Å². The number of hydrogen-bond acceptors (Lipinski definition) is 2. The molecule has 3 nitrogen and oxygen atoms in total. The normalized spacial score (nSPS) is 11.3. The summed E-state index contributed by atoms with van der Waals surface area (Å²) in [5.41, 5.74) is 1.46. The molecule has 0 saturated carbocycles. The van der Waals surface area contributed by atoms with Crippen LogP contribution >= 0.6 is 0 Å². The second-order valence-corrected chi connectivity index (χ2v) is 5.31. The van der Waals surface area contributed by atoms with Gasteiger partial charge < -0.3 is 0 Å². The van der Waals surface area contributed by atoms with Crippen LogP contribution in [0.15, 0.2) is 24.3 Å². The Balaban J connectivity index is 2.65. The molecular weight excluding hydrogens is 210 g/mol. The van der Waals surface area contributed by atoms with Crippen LogP contribution < -0.4 is 4.72 Å². The summed E-state index contributed by atoms with van der Waals surface area (Å²) >= 11 is 0. The van der Waals surface area contributed by atoms with Crippen LogP contribution in [-0.2, 0) is 10.0 Å². The largest absolute Gasteiger partial charge is 0.284 e. The van der Waals surface area contributed by atoms with Crippen molar-refractivity contribution in [1.29, 1.82) is 0 Å². The van der Waals surface area contributed by atoms with E-state index in [0.29, 0.717) is 12.1 Å². The maximum Gasteiger partial charge on any atom is 0.232 e. The predicted octanol–water partition coefficient (Wildman–Crippen LogP) is 2.41. The molecule has 0 aliphatic heterocycles. The third-order valence-electron chi connectivity index (χ3n) is 1.99. The highest BCUT2D eigenvalue weighted by Gasteiger charge is 2.08. The summed E-state index contributed by atoms with van der Waals surface area (Å²) in [6.45, 7) is 5.70. The van der Waals surface area contributed by atoms with E-state index in [1.165, 1.54) is 0 Å². The van der Waals surface area contributed by atoms with Gasteiger partial charge in [0.05, 0.1) is 5.75 Å². The Hall–Kier alpha value is -1.03. The molecule has 1 aromatic rings. The van der Waals surface area contributed by atoms with E-state index in [1.807, 2.05) is 6.92 Å². The zero-order chi connectivity index (χ0) is 11.3. The smallest absolute Gasteiger partial charge is 0.232 e. The molecule has 0 heterocycles. The Morgan fingerprint density at radius 2 is 1.87 bits per heavy atom. The van der Waals surface area contributed by atoms with Gasteiger partial charge in [-0.2, -0.15) is 0 Å². The van der Waals surface area contributed by atoms with Crippen LogP contribution in [0.1, 0.15) is 25.3 Å². The summed E-state index contributed by atoms with van der Waals surface area (Å²) in [6.07, 6.45) is 1.56. The van der Waals surface area contributed by atoms with E-state index in [-0.39, 0.29) is 5.75 Å². The molecular formula is C11H16NO2S. The van der Waals surface area contributed by atoms with Crippen molar-refractivity contribution in [2.45, 2.75) is 19.8 Å². The van der Waals surface area contributed by atoms with Crippen LogP contribution in [0.25, 0.3) is 0 Å². The number of benzene rings is 1. The number of anilines is 1. The number of hydrogen-bond donors (Lipinski definition) is 1. The van der Waals surface area contributed by atoms with Crippen LogP contribution in [0.4, 0.5) is 5.69 Å². The Labute approximate surface area is 91.6 Å². The van der Waals surface area contributed by atoms with Crippen LogP contribution in [0, 0.1) is 6.92 Å². The molecule has 15 heavy (non-hydrogen) atoms. The average Bonchev–Trinajstić information content (AvgIpc) is 2.18. The molecule has 0 atom stereocenters. The molecule has 1 N–H and O–H groups in total. The first-order valence-corrected chi connectivity index (χ1v) is 6.61. The van der Waals surface area contributed by atoms with Crippen molar-refractivity contribution in [2.75, 3.05) is 10.5 Å². The second-order valence-electron chi connectivity index (χ2n) is 3.47. The van der Waals surface area contributed by atoms with E-state index in [9.17, 15) is 8.42 Å². The summed E-state index contributed by atoms with van der Waals surface area (Å²) in [5.74, 6) is 0.176. The van der Waals surface area contributed by atoms with Gasteiger partial charge in [-0.05, 0) is 31.0 Å². The van der Waals surface area contributed by atoms with E-state index in [2.05, 4.69) is 11.6 Å². The first-order valence-electron chi connectivity index (χ1n) is 4.96. The lowest BCUT2D eigenvalue weighted by Gasteiger charge is -2.07. The summed E-state index contributed by atoms with van der Waals surface area (Å²) in [5, 5.41) is 0. The fraction of sp³-hybridized carbons (Fsp3) is 0.364. The topological polar surface area (TPSA) is 46.2 Å². The number of rotatable bonds is 5. The van der Waals surface area contributed by atoms with Crippen molar-refractivity contribution in [1.82, 2.24) is 0 Å². The first-order chi connectivity index (χ1) is 7.03. The highest BCUT2D eigenvalue weighted by Crippen LogP contribution is 2.11. The summed E-state index contributed by atoms with van der Waals surface area (Å²) in [7, 11) is -3.18. The molecule has 0 bridgehead atoms. The van der Waals surface area contributed by atoms with E-state index >= 15 is 0 Å². The molecule has 4 heteroatoms. The van der Waals surface area contributed by atoms with Crippen molar-refractivity contribution in [3.8, 4) is 0 Å². The minimum absolute atomic E-state index is 0.176. The minimum atomic E-state index is -3.18. The molecule has 0 aliphatic rings. The average molecular weight is 226 g/mol. The summed E-state index contributed by atoms with van der Waals surface area (Å²) in [4.78, 5) is 0. The fourth-order valence-corrected chi connectivity index (χ4v) is 2.40. The third kappa shape index (κ3) is 4.34. The molecule has 1 rings (SSSR count). The third-order valence-corrected chi connectivity index (χ3v) is 3.37. The maximum absolute atomic E-state index is 11.5. The van der Waals surface area contributed by atoms with E-state index in [1.54, 1.807) is 24.3 Å². The Morgan fingerprint density at radius 3 is 2.40 bits per heavy atom. The monoisotopic (exact) mass is 226 g/mol. The summed E-state index contributed by atoms with van der Waals surface area (Å²) in [6, 6.07) is 6.98. The molecule has 0 spiro atoms. The number of unbranched alkanes of at least 4 members (excludes halogenated alkanes) is 1. The lowest BCUT2D eigenvalue weighted by Crippen LogP contribution is -2.16. The van der Waals surface area contributed by atoms with Gasteiger partial charge in [-0.25, -0.2) is 8.42 Å². The van der Waals surface area contributed by atoms with Gasteiger partial charge in [0.1, 0.15) is 0 Å². The van der Waals surface area contributed by atoms with Gasteiger partial charge >= 0.3 is 0 Å². The molecule has 0 aliphatic carbocycles. The predicted molar refractivity (Wildman–Crippen MR) is 63.2 cm³/mol. The lowest BCUT2D eigenvalue weighted by atomic mass is 10.2. The van der Waals surface area contributed by atoms with Crippen LogP contribution in [0.5, 0.6) is 0 Å². The number of nitrogens with one attached hydrogen (secondary N) is 1. The quantitative estimate of drug-likeness (QED) is 0.838. The van der Waals surface area contributed by atoms with Gasteiger partial charge in [0.15, 0.2) is 0 Å².